The molecule has 2 N–H and O–H groups in total. The van der Waals surface area contributed by atoms with E-state index in [1.165, 1.54) is 0 Å². The van der Waals surface area contributed by atoms with Crippen LogP contribution >= 0.6 is 0 Å². The monoisotopic (exact) mass is 336 g/mol. The molecule has 0 heterocycles. The molecule has 0 radical (unpaired) electrons. The lowest BCUT2D eigenvalue weighted by molar-refractivity contribution is -0.147. The second-order valence-electron chi connectivity index (χ2n) is 7.63. The van der Waals surface area contributed by atoms with Crippen molar-refractivity contribution >= 4 is 17.8 Å². The molecule has 0 aromatic carbocycles. The molecule has 24 heavy (non-hydrogen) atoms. The number of rotatable bonds is 6. The van der Waals surface area contributed by atoms with Gasteiger partial charge < -0.3 is 15.3 Å². The SMILES string of the molecule is O=C(O)CN(C(=O)C1CCC(NC(=O)C2CCCC2)CC1)C1CC1. The van der Waals surface area contributed by atoms with Gasteiger partial charge in [-0.1, -0.05) is 12.8 Å². The molecule has 0 aromatic heterocycles. The maximum atomic E-state index is 12.6. The molecule has 3 fully saturated rings. The average molecular weight is 336 g/mol. The van der Waals surface area contributed by atoms with Crippen molar-refractivity contribution in [3.8, 4) is 0 Å². The molecule has 3 rings (SSSR count). The maximum Gasteiger partial charge on any atom is 0.323 e. The van der Waals surface area contributed by atoms with Gasteiger partial charge in [-0.05, 0) is 51.4 Å². The molecule has 0 unspecified atom stereocenters. The third-order valence-corrected chi connectivity index (χ3v) is 5.73. The Labute approximate surface area is 143 Å². The molecule has 0 saturated heterocycles. The van der Waals surface area contributed by atoms with Crippen LogP contribution in [0.3, 0.4) is 0 Å². The highest BCUT2D eigenvalue weighted by molar-refractivity contribution is 5.84. The second kappa shape index (κ2) is 7.53. The molecule has 3 aliphatic rings. The van der Waals surface area contributed by atoms with E-state index in [0.717, 1.165) is 64.2 Å². The van der Waals surface area contributed by atoms with E-state index >= 15 is 0 Å². The van der Waals surface area contributed by atoms with Gasteiger partial charge in [0.15, 0.2) is 0 Å². The summed E-state index contributed by atoms with van der Waals surface area (Å²) in [5, 5.41) is 12.2. The van der Waals surface area contributed by atoms with Crippen LogP contribution in [0.15, 0.2) is 0 Å². The molecule has 134 valence electrons. The predicted molar refractivity (Wildman–Crippen MR) is 88.2 cm³/mol. The molecule has 0 aliphatic heterocycles. The molecule has 3 saturated carbocycles. The fraction of sp³-hybridized carbons (Fsp3) is 0.833. The Morgan fingerprint density at radius 2 is 1.50 bits per heavy atom. The lowest BCUT2D eigenvalue weighted by atomic mass is 9.84. The van der Waals surface area contributed by atoms with Crippen molar-refractivity contribution in [2.75, 3.05) is 6.54 Å². The van der Waals surface area contributed by atoms with Crippen LogP contribution in [0.4, 0.5) is 0 Å². The van der Waals surface area contributed by atoms with E-state index in [4.69, 9.17) is 5.11 Å². The molecule has 6 nitrogen and oxygen atoms in total. The summed E-state index contributed by atoms with van der Waals surface area (Å²) < 4.78 is 0. The Balaban J connectivity index is 1.46. The predicted octanol–water partition coefficient (Wildman–Crippen LogP) is 1.93. The highest BCUT2D eigenvalue weighted by atomic mass is 16.4. The van der Waals surface area contributed by atoms with E-state index in [1.807, 2.05) is 0 Å². The summed E-state index contributed by atoms with van der Waals surface area (Å²) in [6.45, 7) is -0.179. The quantitative estimate of drug-likeness (QED) is 0.776. The van der Waals surface area contributed by atoms with Gasteiger partial charge in [0, 0.05) is 23.9 Å². The minimum absolute atomic E-state index is 0.000435. The number of carboxylic acids is 1. The summed E-state index contributed by atoms with van der Waals surface area (Å²) in [5.74, 6) is -0.643. The zero-order chi connectivity index (χ0) is 17.1. The van der Waals surface area contributed by atoms with E-state index in [-0.39, 0.29) is 42.3 Å². The van der Waals surface area contributed by atoms with Crippen molar-refractivity contribution in [2.45, 2.75) is 76.3 Å². The second-order valence-corrected chi connectivity index (χ2v) is 7.63. The first-order chi connectivity index (χ1) is 11.5. The number of aliphatic carboxylic acids is 1. The number of carbonyl (C=O) groups excluding carboxylic acids is 2. The Hall–Kier alpha value is -1.59. The van der Waals surface area contributed by atoms with E-state index in [0.29, 0.717) is 0 Å². The van der Waals surface area contributed by atoms with Crippen LogP contribution in [0.2, 0.25) is 0 Å². The summed E-state index contributed by atoms with van der Waals surface area (Å²) in [5.41, 5.74) is 0. The lowest BCUT2D eigenvalue weighted by Crippen LogP contribution is -2.45. The van der Waals surface area contributed by atoms with Crippen molar-refractivity contribution in [1.29, 1.82) is 0 Å². The summed E-state index contributed by atoms with van der Waals surface area (Å²) in [4.78, 5) is 37.4. The number of carbonyl (C=O) groups is 3. The Bertz CT molecular complexity index is 489. The molecular formula is C18H28N2O4. The van der Waals surface area contributed by atoms with E-state index in [2.05, 4.69) is 5.32 Å². The molecule has 0 bridgehead atoms. The highest BCUT2D eigenvalue weighted by Gasteiger charge is 2.38. The van der Waals surface area contributed by atoms with Crippen LogP contribution in [-0.2, 0) is 14.4 Å². The minimum atomic E-state index is -0.937. The standard InChI is InChI=1S/C18H28N2O4/c21-16(22)11-20(15-9-10-15)18(24)13-5-7-14(8-6-13)19-17(23)12-3-1-2-4-12/h12-15H,1-11H2,(H,19,23)(H,21,22). The smallest absolute Gasteiger partial charge is 0.323 e. The summed E-state index contributed by atoms with van der Waals surface area (Å²) in [6.07, 6.45) is 9.29. The van der Waals surface area contributed by atoms with Crippen molar-refractivity contribution in [2.24, 2.45) is 11.8 Å². The maximum absolute atomic E-state index is 12.6. The first kappa shape index (κ1) is 17.2. The van der Waals surface area contributed by atoms with Crippen LogP contribution in [0, 0.1) is 11.8 Å². The fourth-order valence-corrected chi connectivity index (χ4v) is 4.15. The molecule has 3 aliphatic carbocycles. The van der Waals surface area contributed by atoms with Gasteiger partial charge >= 0.3 is 5.97 Å². The number of nitrogens with zero attached hydrogens (tertiary/aromatic N) is 1. The highest BCUT2D eigenvalue weighted by Crippen LogP contribution is 2.32. The van der Waals surface area contributed by atoms with Crippen molar-refractivity contribution in [1.82, 2.24) is 10.2 Å². The van der Waals surface area contributed by atoms with E-state index in [9.17, 15) is 14.4 Å². The summed E-state index contributed by atoms with van der Waals surface area (Å²) >= 11 is 0. The normalized spacial score (nSPS) is 27.7. The van der Waals surface area contributed by atoms with Gasteiger partial charge in [0.1, 0.15) is 6.54 Å². The molecular weight excluding hydrogens is 308 g/mol. The first-order valence-corrected chi connectivity index (χ1v) is 9.37. The topological polar surface area (TPSA) is 86.7 Å². The van der Waals surface area contributed by atoms with Crippen LogP contribution in [-0.4, -0.2) is 46.4 Å². The zero-order valence-corrected chi connectivity index (χ0v) is 14.2. The van der Waals surface area contributed by atoms with Gasteiger partial charge in [0.05, 0.1) is 0 Å². The Morgan fingerprint density at radius 1 is 0.875 bits per heavy atom. The number of carboxylic acid groups (broad SMARTS) is 1. The number of hydrogen-bond donors (Lipinski definition) is 2. The first-order valence-electron chi connectivity index (χ1n) is 9.37. The average Bonchev–Trinajstić information content (AvgIpc) is 3.25. The molecule has 2 amide bonds. The van der Waals surface area contributed by atoms with Crippen LogP contribution in [0.25, 0.3) is 0 Å². The Morgan fingerprint density at radius 3 is 2.04 bits per heavy atom. The number of hydrogen-bond acceptors (Lipinski definition) is 3. The molecule has 0 spiro atoms. The molecule has 0 atom stereocenters. The number of amides is 2. The van der Waals surface area contributed by atoms with Crippen molar-refractivity contribution in [3.63, 3.8) is 0 Å². The van der Waals surface area contributed by atoms with Gasteiger partial charge in [-0.2, -0.15) is 0 Å². The van der Waals surface area contributed by atoms with Crippen molar-refractivity contribution in [3.05, 3.63) is 0 Å². The van der Waals surface area contributed by atoms with Crippen molar-refractivity contribution < 1.29 is 19.5 Å². The van der Waals surface area contributed by atoms with Gasteiger partial charge in [-0.3, -0.25) is 14.4 Å². The zero-order valence-electron chi connectivity index (χ0n) is 14.2. The largest absolute Gasteiger partial charge is 0.480 e. The lowest BCUT2D eigenvalue weighted by Gasteiger charge is -2.32. The van der Waals surface area contributed by atoms with Gasteiger partial charge in [-0.15, -0.1) is 0 Å². The van der Waals surface area contributed by atoms with Gasteiger partial charge in [0.2, 0.25) is 11.8 Å². The van der Waals surface area contributed by atoms with Gasteiger partial charge in [0.25, 0.3) is 0 Å². The molecule has 6 heteroatoms. The van der Waals surface area contributed by atoms with E-state index < -0.39 is 5.97 Å². The molecule has 0 aromatic rings. The third-order valence-electron chi connectivity index (χ3n) is 5.73. The minimum Gasteiger partial charge on any atom is -0.480 e. The summed E-state index contributed by atoms with van der Waals surface area (Å²) in [6, 6.07) is 0.310. The Kier molecular flexibility index (Phi) is 5.41. The fourth-order valence-electron chi connectivity index (χ4n) is 4.15. The van der Waals surface area contributed by atoms with Crippen LogP contribution in [0.1, 0.15) is 64.2 Å². The number of nitrogens with one attached hydrogen (secondary N) is 1. The van der Waals surface area contributed by atoms with E-state index in [1.54, 1.807) is 4.90 Å². The van der Waals surface area contributed by atoms with Crippen LogP contribution < -0.4 is 5.32 Å². The van der Waals surface area contributed by atoms with Crippen LogP contribution in [0.5, 0.6) is 0 Å². The third kappa shape index (κ3) is 4.28. The van der Waals surface area contributed by atoms with Gasteiger partial charge in [-0.25, -0.2) is 0 Å². The summed E-state index contributed by atoms with van der Waals surface area (Å²) in [7, 11) is 0.